The second-order valence-corrected chi connectivity index (χ2v) is 5.07. The molecule has 0 aliphatic heterocycles. The van der Waals surface area contributed by atoms with Crippen LogP contribution in [0.5, 0.6) is 0 Å². The van der Waals surface area contributed by atoms with E-state index in [1.54, 1.807) is 0 Å². The van der Waals surface area contributed by atoms with E-state index in [1.165, 1.54) is 0 Å². The van der Waals surface area contributed by atoms with Crippen LogP contribution in [-0.2, 0) is 0 Å². The Hall–Kier alpha value is -1.49. The molecule has 1 aromatic carbocycles. The summed E-state index contributed by atoms with van der Waals surface area (Å²) in [5.74, 6) is 2.59. The van der Waals surface area contributed by atoms with E-state index in [2.05, 4.69) is 33.8 Å². The lowest BCUT2D eigenvalue weighted by atomic mass is 10.2. The molecule has 0 aliphatic carbocycles. The Bertz CT molecular complexity index is 529. The first kappa shape index (κ1) is 13.0. The van der Waals surface area contributed by atoms with Gasteiger partial charge < -0.3 is 10.6 Å². The highest BCUT2D eigenvalue weighted by atomic mass is 32.2. The van der Waals surface area contributed by atoms with Crippen molar-refractivity contribution in [3.05, 3.63) is 24.3 Å². The van der Waals surface area contributed by atoms with Gasteiger partial charge >= 0.3 is 0 Å². The molecule has 0 spiro atoms. The van der Waals surface area contributed by atoms with Gasteiger partial charge in [-0.1, -0.05) is 12.1 Å². The van der Waals surface area contributed by atoms with Crippen molar-refractivity contribution in [3.8, 4) is 0 Å². The third-order valence-electron chi connectivity index (χ3n) is 2.63. The predicted molar refractivity (Wildman–Crippen MR) is 80.6 cm³/mol. The molecule has 1 unspecified atom stereocenters. The molecular formula is C13H18N4S. The van der Waals surface area contributed by atoms with E-state index >= 15 is 0 Å². The quantitative estimate of drug-likeness (QED) is 0.867. The van der Waals surface area contributed by atoms with E-state index < -0.39 is 0 Å². The first-order chi connectivity index (χ1) is 8.74. The standard InChI is InChI=1S/C13H18N4S/c1-9(8-18-3)15-12-10-6-4-5-7-11(10)16-13(14-2)17-12/h4-7,9H,8H2,1-3H3,(H2,14,15,16,17). The monoisotopic (exact) mass is 262 g/mol. The average Bonchev–Trinajstić information content (AvgIpc) is 2.38. The summed E-state index contributed by atoms with van der Waals surface area (Å²) in [7, 11) is 1.83. The fourth-order valence-electron chi connectivity index (χ4n) is 1.82. The number of fused-ring (bicyclic) bond motifs is 1. The number of hydrogen-bond donors (Lipinski definition) is 2. The maximum absolute atomic E-state index is 4.50. The molecule has 0 saturated carbocycles. The smallest absolute Gasteiger partial charge is 0.224 e. The van der Waals surface area contributed by atoms with Crippen LogP contribution in [-0.4, -0.2) is 35.1 Å². The van der Waals surface area contributed by atoms with Crippen LogP contribution in [0.15, 0.2) is 24.3 Å². The average molecular weight is 262 g/mol. The maximum atomic E-state index is 4.50. The molecule has 18 heavy (non-hydrogen) atoms. The summed E-state index contributed by atoms with van der Waals surface area (Å²) in [6.45, 7) is 2.16. The van der Waals surface area contributed by atoms with E-state index in [0.29, 0.717) is 12.0 Å². The van der Waals surface area contributed by atoms with Gasteiger partial charge in [-0.25, -0.2) is 4.98 Å². The molecule has 0 saturated heterocycles. The van der Waals surface area contributed by atoms with Crippen molar-refractivity contribution in [2.24, 2.45) is 0 Å². The molecule has 0 aliphatic rings. The second kappa shape index (κ2) is 5.91. The number of benzene rings is 1. The number of nitrogens with zero attached hydrogens (tertiary/aromatic N) is 2. The number of rotatable bonds is 5. The Morgan fingerprint density at radius 1 is 1.28 bits per heavy atom. The SMILES string of the molecule is CNc1nc(NC(C)CSC)c2ccccc2n1. The first-order valence-electron chi connectivity index (χ1n) is 5.94. The van der Waals surface area contributed by atoms with Crippen molar-refractivity contribution in [1.29, 1.82) is 0 Å². The van der Waals surface area contributed by atoms with Gasteiger partial charge in [-0.15, -0.1) is 0 Å². The molecule has 2 aromatic rings. The van der Waals surface area contributed by atoms with Crippen molar-refractivity contribution in [3.63, 3.8) is 0 Å². The lowest BCUT2D eigenvalue weighted by Gasteiger charge is -2.15. The van der Waals surface area contributed by atoms with E-state index in [9.17, 15) is 0 Å². The van der Waals surface area contributed by atoms with Crippen LogP contribution in [0.3, 0.4) is 0 Å². The van der Waals surface area contributed by atoms with Crippen LogP contribution >= 0.6 is 11.8 Å². The fourth-order valence-corrected chi connectivity index (χ4v) is 2.41. The zero-order valence-electron chi connectivity index (χ0n) is 10.9. The lowest BCUT2D eigenvalue weighted by molar-refractivity contribution is 0.905. The Labute approximate surface area is 112 Å². The number of thioether (sulfide) groups is 1. The van der Waals surface area contributed by atoms with E-state index in [-0.39, 0.29) is 0 Å². The van der Waals surface area contributed by atoms with Crippen LogP contribution in [0.4, 0.5) is 11.8 Å². The van der Waals surface area contributed by atoms with Crippen LogP contribution < -0.4 is 10.6 Å². The summed E-state index contributed by atoms with van der Waals surface area (Å²) in [4.78, 5) is 8.94. The van der Waals surface area contributed by atoms with Crippen LogP contribution in [0.1, 0.15) is 6.92 Å². The molecule has 1 aromatic heterocycles. The highest BCUT2D eigenvalue weighted by Gasteiger charge is 2.09. The molecule has 0 amide bonds. The highest BCUT2D eigenvalue weighted by molar-refractivity contribution is 7.98. The summed E-state index contributed by atoms with van der Waals surface area (Å²) in [5.41, 5.74) is 0.954. The van der Waals surface area contributed by atoms with Gasteiger partial charge in [-0.3, -0.25) is 0 Å². The molecule has 1 atom stereocenters. The molecule has 0 bridgehead atoms. The first-order valence-corrected chi connectivity index (χ1v) is 7.34. The summed E-state index contributed by atoms with van der Waals surface area (Å²) in [5, 5.41) is 7.51. The maximum Gasteiger partial charge on any atom is 0.224 e. The van der Waals surface area contributed by atoms with Gasteiger partial charge in [-0.2, -0.15) is 16.7 Å². The van der Waals surface area contributed by atoms with Gasteiger partial charge in [0.15, 0.2) is 0 Å². The van der Waals surface area contributed by atoms with Gasteiger partial charge in [0.25, 0.3) is 0 Å². The summed E-state index contributed by atoms with van der Waals surface area (Å²) in [6.07, 6.45) is 2.11. The predicted octanol–water partition coefficient (Wildman–Crippen LogP) is 2.83. The molecular weight excluding hydrogens is 244 g/mol. The Balaban J connectivity index is 2.40. The minimum absolute atomic E-state index is 0.378. The number of aromatic nitrogens is 2. The topological polar surface area (TPSA) is 49.8 Å². The Morgan fingerprint density at radius 3 is 2.78 bits per heavy atom. The summed E-state index contributed by atoms with van der Waals surface area (Å²) < 4.78 is 0. The molecule has 4 nitrogen and oxygen atoms in total. The van der Waals surface area contributed by atoms with Crippen LogP contribution in [0.2, 0.25) is 0 Å². The van der Waals surface area contributed by atoms with Gasteiger partial charge in [0.05, 0.1) is 5.52 Å². The summed E-state index contributed by atoms with van der Waals surface area (Å²) >= 11 is 1.82. The number of hydrogen-bond acceptors (Lipinski definition) is 5. The minimum Gasteiger partial charge on any atom is -0.366 e. The van der Waals surface area contributed by atoms with Crippen molar-refractivity contribution in [1.82, 2.24) is 9.97 Å². The largest absolute Gasteiger partial charge is 0.366 e. The molecule has 2 rings (SSSR count). The normalized spacial score (nSPS) is 12.4. The Kier molecular flexibility index (Phi) is 4.25. The number of nitrogens with one attached hydrogen (secondary N) is 2. The van der Waals surface area contributed by atoms with Crippen LogP contribution in [0.25, 0.3) is 10.9 Å². The van der Waals surface area contributed by atoms with Gasteiger partial charge in [-0.05, 0) is 25.3 Å². The molecule has 5 heteroatoms. The number of anilines is 2. The van der Waals surface area contributed by atoms with E-state index in [4.69, 9.17) is 0 Å². The third kappa shape index (κ3) is 2.85. The van der Waals surface area contributed by atoms with Gasteiger partial charge in [0, 0.05) is 24.2 Å². The van der Waals surface area contributed by atoms with Crippen molar-refractivity contribution in [2.75, 3.05) is 29.7 Å². The molecule has 2 N–H and O–H groups in total. The molecule has 0 radical (unpaired) electrons. The highest BCUT2D eigenvalue weighted by Crippen LogP contribution is 2.22. The van der Waals surface area contributed by atoms with Gasteiger partial charge in [0.2, 0.25) is 5.95 Å². The molecule has 96 valence electrons. The van der Waals surface area contributed by atoms with E-state index in [1.807, 2.05) is 43.1 Å². The number of para-hydroxylation sites is 1. The molecule has 0 fully saturated rings. The second-order valence-electron chi connectivity index (χ2n) is 4.16. The summed E-state index contributed by atoms with van der Waals surface area (Å²) in [6, 6.07) is 8.42. The van der Waals surface area contributed by atoms with Crippen molar-refractivity contribution < 1.29 is 0 Å². The van der Waals surface area contributed by atoms with Gasteiger partial charge in [0.1, 0.15) is 5.82 Å². The van der Waals surface area contributed by atoms with Crippen molar-refractivity contribution in [2.45, 2.75) is 13.0 Å². The minimum atomic E-state index is 0.378. The zero-order chi connectivity index (χ0) is 13.0. The zero-order valence-corrected chi connectivity index (χ0v) is 11.7. The van der Waals surface area contributed by atoms with Crippen molar-refractivity contribution >= 4 is 34.4 Å². The molecule has 1 heterocycles. The fraction of sp³-hybridized carbons (Fsp3) is 0.385. The van der Waals surface area contributed by atoms with E-state index in [0.717, 1.165) is 22.5 Å². The Morgan fingerprint density at radius 2 is 2.06 bits per heavy atom. The lowest BCUT2D eigenvalue weighted by Crippen LogP contribution is -2.19. The third-order valence-corrected chi connectivity index (χ3v) is 3.46. The van der Waals surface area contributed by atoms with Crippen LogP contribution in [0, 0.1) is 0 Å².